The Hall–Kier alpha value is -1.65. The van der Waals surface area contributed by atoms with Crippen molar-refractivity contribution in [2.24, 2.45) is 0 Å². The Morgan fingerprint density at radius 2 is 1.94 bits per heavy atom. The first kappa shape index (κ1) is 12.8. The number of carbonyl (C=O) groups is 1. The Balaban J connectivity index is 2.08. The summed E-state index contributed by atoms with van der Waals surface area (Å²) in [6.07, 6.45) is 4.09. The first-order valence-electron chi connectivity index (χ1n) is 6.01. The van der Waals surface area contributed by atoms with Gasteiger partial charge in [-0.05, 0) is 25.0 Å². The van der Waals surface area contributed by atoms with Crippen molar-refractivity contribution in [3.63, 3.8) is 0 Å². The van der Waals surface area contributed by atoms with Crippen LogP contribution in [0.25, 0.3) is 0 Å². The highest BCUT2D eigenvalue weighted by Gasteiger charge is 2.20. The first-order valence-corrected chi connectivity index (χ1v) is 6.01. The number of amides is 1. The summed E-state index contributed by atoms with van der Waals surface area (Å²) in [5, 5.41) is 2.84. The average molecular weight is 255 g/mol. The zero-order valence-corrected chi connectivity index (χ0v) is 9.86. The molecule has 0 aromatic heterocycles. The standard InChI is InChI=1S/C13H15F2NO2/c14-13(15)18-11-8-4-3-7-10(11)12(17)16-9-5-1-2-6-9/h3-4,7-9,13H,1-2,5-6H2,(H,16,17). The van der Waals surface area contributed by atoms with Crippen molar-refractivity contribution in [1.82, 2.24) is 5.32 Å². The highest BCUT2D eigenvalue weighted by molar-refractivity contribution is 5.97. The molecule has 1 fully saturated rings. The fraction of sp³-hybridized carbons (Fsp3) is 0.462. The molecule has 2 rings (SSSR count). The Bertz CT molecular complexity index is 417. The molecular weight excluding hydrogens is 240 g/mol. The van der Waals surface area contributed by atoms with Crippen LogP contribution in [0.5, 0.6) is 5.75 Å². The molecule has 1 aliphatic carbocycles. The minimum absolute atomic E-state index is 0.0806. The summed E-state index contributed by atoms with van der Waals surface area (Å²) in [5.41, 5.74) is 0.157. The summed E-state index contributed by atoms with van der Waals surface area (Å²) in [4.78, 5) is 12.0. The van der Waals surface area contributed by atoms with E-state index in [-0.39, 0.29) is 23.3 Å². The second kappa shape index (κ2) is 5.80. The molecule has 98 valence electrons. The topological polar surface area (TPSA) is 38.3 Å². The summed E-state index contributed by atoms with van der Waals surface area (Å²) in [6, 6.07) is 6.20. The van der Waals surface area contributed by atoms with Gasteiger partial charge in [0.1, 0.15) is 5.75 Å². The maximum atomic E-state index is 12.2. The molecular formula is C13H15F2NO2. The van der Waals surface area contributed by atoms with Gasteiger partial charge in [-0.3, -0.25) is 4.79 Å². The van der Waals surface area contributed by atoms with E-state index in [2.05, 4.69) is 10.1 Å². The van der Waals surface area contributed by atoms with Gasteiger partial charge in [-0.1, -0.05) is 25.0 Å². The van der Waals surface area contributed by atoms with E-state index < -0.39 is 6.61 Å². The summed E-state index contributed by atoms with van der Waals surface area (Å²) in [7, 11) is 0. The summed E-state index contributed by atoms with van der Waals surface area (Å²) in [6.45, 7) is -2.93. The normalized spacial score (nSPS) is 15.9. The van der Waals surface area contributed by atoms with Gasteiger partial charge < -0.3 is 10.1 Å². The molecule has 0 heterocycles. The van der Waals surface area contributed by atoms with Gasteiger partial charge in [-0.15, -0.1) is 0 Å². The van der Waals surface area contributed by atoms with Crippen molar-refractivity contribution >= 4 is 5.91 Å². The summed E-state index contributed by atoms with van der Waals surface area (Å²) < 4.78 is 28.8. The number of halogens is 2. The van der Waals surface area contributed by atoms with Gasteiger partial charge in [-0.25, -0.2) is 0 Å². The molecule has 0 unspecified atom stereocenters. The van der Waals surface area contributed by atoms with Crippen molar-refractivity contribution in [2.45, 2.75) is 38.3 Å². The van der Waals surface area contributed by atoms with Crippen molar-refractivity contribution in [3.05, 3.63) is 29.8 Å². The Kier molecular flexibility index (Phi) is 4.12. The number of rotatable bonds is 4. The average Bonchev–Trinajstić information content (AvgIpc) is 2.81. The van der Waals surface area contributed by atoms with E-state index in [1.807, 2.05) is 0 Å². The van der Waals surface area contributed by atoms with E-state index in [0.29, 0.717) is 0 Å². The van der Waals surface area contributed by atoms with Crippen LogP contribution in [0.1, 0.15) is 36.0 Å². The van der Waals surface area contributed by atoms with Gasteiger partial charge in [-0.2, -0.15) is 8.78 Å². The van der Waals surface area contributed by atoms with E-state index in [1.165, 1.54) is 12.1 Å². The smallest absolute Gasteiger partial charge is 0.387 e. The predicted octanol–water partition coefficient (Wildman–Crippen LogP) is 2.96. The van der Waals surface area contributed by atoms with Crippen LogP contribution in [-0.4, -0.2) is 18.6 Å². The van der Waals surface area contributed by atoms with Gasteiger partial charge in [0.15, 0.2) is 0 Å². The van der Waals surface area contributed by atoms with Crippen LogP contribution >= 0.6 is 0 Å². The molecule has 1 N–H and O–H groups in total. The molecule has 0 radical (unpaired) electrons. The van der Waals surface area contributed by atoms with E-state index >= 15 is 0 Å². The van der Waals surface area contributed by atoms with Gasteiger partial charge in [0.05, 0.1) is 5.56 Å². The van der Waals surface area contributed by atoms with Crippen LogP contribution in [0.4, 0.5) is 8.78 Å². The van der Waals surface area contributed by atoms with E-state index in [1.54, 1.807) is 12.1 Å². The monoisotopic (exact) mass is 255 g/mol. The lowest BCUT2D eigenvalue weighted by Crippen LogP contribution is -2.32. The van der Waals surface area contributed by atoms with Crippen LogP contribution in [0.3, 0.4) is 0 Å². The second-order valence-corrected chi connectivity index (χ2v) is 4.33. The minimum atomic E-state index is -2.93. The highest BCUT2D eigenvalue weighted by Crippen LogP contribution is 2.22. The van der Waals surface area contributed by atoms with Gasteiger partial charge >= 0.3 is 6.61 Å². The molecule has 0 atom stereocenters. The fourth-order valence-corrected chi connectivity index (χ4v) is 2.19. The number of alkyl halides is 2. The Morgan fingerprint density at radius 3 is 2.61 bits per heavy atom. The molecule has 0 aliphatic heterocycles. The summed E-state index contributed by atoms with van der Waals surface area (Å²) in [5.74, 6) is -0.429. The number of carbonyl (C=O) groups excluding carboxylic acids is 1. The fourth-order valence-electron chi connectivity index (χ4n) is 2.19. The lowest BCUT2D eigenvalue weighted by atomic mass is 10.1. The van der Waals surface area contributed by atoms with Crippen molar-refractivity contribution in [1.29, 1.82) is 0 Å². The van der Waals surface area contributed by atoms with Crippen molar-refractivity contribution in [2.75, 3.05) is 0 Å². The maximum Gasteiger partial charge on any atom is 0.387 e. The SMILES string of the molecule is O=C(NC1CCCC1)c1ccccc1OC(F)F. The molecule has 0 spiro atoms. The van der Waals surface area contributed by atoms with Crippen molar-refractivity contribution in [3.8, 4) is 5.75 Å². The molecule has 5 heteroatoms. The molecule has 18 heavy (non-hydrogen) atoms. The molecule has 0 saturated heterocycles. The van der Waals surface area contributed by atoms with Crippen LogP contribution < -0.4 is 10.1 Å². The molecule has 3 nitrogen and oxygen atoms in total. The van der Waals surface area contributed by atoms with Crippen molar-refractivity contribution < 1.29 is 18.3 Å². The van der Waals surface area contributed by atoms with Crippen LogP contribution in [0.2, 0.25) is 0 Å². The Labute approximate surface area is 104 Å². The third kappa shape index (κ3) is 3.18. The number of hydrogen-bond acceptors (Lipinski definition) is 2. The van der Waals surface area contributed by atoms with Gasteiger partial charge in [0, 0.05) is 6.04 Å². The minimum Gasteiger partial charge on any atom is -0.434 e. The summed E-state index contributed by atoms with van der Waals surface area (Å²) >= 11 is 0. The lowest BCUT2D eigenvalue weighted by Gasteiger charge is -2.14. The van der Waals surface area contributed by atoms with E-state index in [4.69, 9.17) is 0 Å². The number of ether oxygens (including phenoxy) is 1. The third-order valence-electron chi connectivity index (χ3n) is 3.04. The quantitative estimate of drug-likeness (QED) is 0.898. The highest BCUT2D eigenvalue weighted by atomic mass is 19.3. The molecule has 1 aliphatic rings. The molecule has 1 amide bonds. The number of benzene rings is 1. The number of para-hydroxylation sites is 1. The van der Waals surface area contributed by atoms with Crippen LogP contribution in [0, 0.1) is 0 Å². The number of hydrogen-bond donors (Lipinski definition) is 1. The second-order valence-electron chi connectivity index (χ2n) is 4.33. The van der Waals surface area contributed by atoms with Crippen LogP contribution in [0.15, 0.2) is 24.3 Å². The maximum absolute atomic E-state index is 12.2. The lowest BCUT2D eigenvalue weighted by molar-refractivity contribution is -0.0501. The predicted molar refractivity (Wildman–Crippen MR) is 62.8 cm³/mol. The molecule has 0 bridgehead atoms. The Morgan fingerprint density at radius 1 is 1.28 bits per heavy atom. The first-order chi connectivity index (χ1) is 8.66. The molecule has 1 aromatic carbocycles. The molecule has 1 aromatic rings. The van der Waals surface area contributed by atoms with Gasteiger partial charge in [0.25, 0.3) is 5.91 Å². The zero-order valence-electron chi connectivity index (χ0n) is 9.86. The van der Waals surface area contributed by atoms with Crippen LogP contribution in [-0.2, 0) is 0 Å². The zero-order chi connectivity index (χ0) is 13.0. The largest absolute Gasteiger partial charge is 0.434 e. The third-order valence-corrected chi connectivity index (χ3v) is 3.04. The van der Waals surface area contributed by atoms with E-state index in [0.717, 1.165) is 25.7 Å². The number of nitrogens with one attached hydrogen (secondary N) is 1. The molecule has 1 saturated carbocycles. The van der Waals surface area contributed by atoms with E-state index in [9.17, 15) is 13.6 Å². The van der Waals surface area contributed by atoms with Gasteiger partial charge in [0.2, 0.25) is 0 Å².